The lowest BCUT2D eigenvalue weighted by atomic mass is 10.0. The van der Waals surface area contributed by atoms with E-state index >= 15 is 0 Å². The highest BCUT2D eigenvalue weighted by molar-refractivity contribution is 6.50. The smallest absolute Gasteiger partial charge is 0.497 e. The Morgan fingerprint density at radius 3 is 2.07 bits per heavy atom. The second kappa shape index (κ2) is 13.1. The third-order valence-corrected chi connectivity index (χ3v) is 6.81. The molecule has 0 fully saturated rings. The Bertz CT molecular complexity index is 1930. The number of ether oxygens (including phenoxy) is 1. The number of carbonyl (C=O) groups is 2. The van der Waals surface area contributed by atoms with Crippen LogP contribution in [0.3, 0.4) is 0 Å². The van der Waals surface area contributed by atoms with Crippen molar-refractivity contribution in [2.45, 2.75) is 41.0 Å². The fraction of sp³-hybridized carbons (Fsp3) is 0.212. The Kier molecular flexibility index (Phi) is 9.65. The number of hydrogen-bond acceptors (Lipinski definition) is 3. The average Bonchev–Trinajstić information content (AvgIpc) is 3.25. The number of nitrogens with one attached hydrogen (secondary N) is 1. The SMILES string of the molecule is CCCOC(=O)c1cc(-c2ccc(F)cc2F)ccc1-[o+]1c2c(C)cc(C)cc2c2cc(NC(C)=O)cc(C)c21.F[B-](F)(F)F. The molecule has 0 aliphatic carbocycles. The molecule has 236 valence electrons. The van der Waals surface area contributed by atoms with Gasteiger partial charge in [-0.2, -0.15) is 0 Å². The lowest BCUT2D eigenvalue weighted by Crippen LogP contribution is -2.08. The quantitative estimate of drug-likeness (QED) is 0.0881. The first-order chi connectivity index (χ1) is 21.1. The Hall–Kier alpha value is -4.74. The molecule has 0 atom stereocenters. The standard InChI is InChI=1S/C33H29F2NO4.BF4/c1-6-11-39-33(38)28-15-22(25-9-8-23(34)16-29(25)35)7-10-30(28)40-31-19(3)12-18(2)13-26(31)27-17-24(36-21(5)37)14-20(4)32(27)40;2-1(3,4)5/h7-10,12-17H,6,11H2,1-5H3;/q;-1/p+1. The highest BCUT2D eigenvalue weighted by Crippen LogP contribution is 2.45. The summed E-state index contributed by atoms with van der Waals surface area (Å²) in [7, 11) is -6.00. The molecule has 4 aromatic carbocycles. The highest BCUT2D eigenvalue weighted by atomic mass is 19.5. The van der Waals surface area contributed by atoms with E-state index in [-0.39, 0.29) is 23.6 Å². The molecule has 0 aliphatic heterocycles. The minimum absolute atomic E-state index is 0.174. The number of hydrogen-bond donors (Lipinski definition) is 1. The van der Waals surface area contributed by atoms with Crippen LogP contribution in [0.25, 0.3) is 38.8 Å². The van der Waals surface area contributed by atoms with E-state index < -0.39 is 24.9 Å². The topological polar surface area (TPSA) is 58.1 Å². The molecule has 1 heterocycles. The summed E-state index contributed by atoms with van der Waals surface area (Å²) in [6, 6.07) is 16.3. The number of carbonyl (C=O) groups excluding carboxylic acids is 2. The largest absolute Gasteiger partial charge is 0.673 e. The summed E-state index contributed by atoms with van der Waals surface area (Å²) in [5.74, 6) is -1.64. The monoisotopic (exact) mass is 629 g/mol. The third-order valence-electron chi connectivity index (χ3n) is 6.81. The van der Waals surface area contributed by atoms with Gasteiger partial charge in [0, 0.05) is 41.4 Å². The molecule has 0 saturated carbocycles. The van der Waals surface area contributed by atoms with E-state index in [2.05, 4.69) is 21.5 Å². The van der Waals surface area contributed by atoms with Crippen LogP contribution in [0.4, 0.5) is 31.7 Å². The predicted molar refractivity (Wildman–Crippen MR) is 164 cm³/mol. The van der Waals surface area contributed by atoms with Crippen LogP contribution in [0.2, 0.25) is 0 Å². The van der Waals surface area contributed by atoms with Crippen molar-refractivity contribution in [1.29, 1.82) is 0 Å². The van der Waals surface area contributed by atoms with E-state index in [1.807, 2.05) is 39.8 Å². The second-order valence-electron chi connectivity index (χ2n) is 10.6. The van der Waals surface area contributed by atoms with Gasteiger partial charge in [-0.25, -0.2) is 13.6 Å². The van der Waals surface area contributed by atoms with Gasteiger partial charge in [0.25, 0.3) is 16.9 Å². The maximum atomic E-state index is 14.7. The number of anilines is 1. The van der Waals surface area contributed by atoms with Crippen molar-refractivity contribution in [3.05, 3.63) is 94.6 Å². The van der Waals surface area contributed by atoms with Crippen molar-refractivity contribution >= 4 is 46.8 Å². The van der Waals surface area contributed by atoms with Gasteiger partial charge >= 0.3 is 13.2 Å². The van der Waals surface area contributed by atoms with Crippen LogP contribution in [-0.4, -0.2) is 25.7 Å². The normalized spacial score (nSPS) is 11.4. The lowest BCUT2D eigenvalue weighted by Gasteiger charge is -2.14. The Labute approximate surface area is 255 Å². The second-order valence-corrected chi connectivity index (χ2v) is 10.6. The Balaban J connectivity index is 0.000000854. The predicted octanol–water partition coefficient (Wildman–Crippen LogP) is 9.96. The minimum atomic E-state index is -6.00. The molecule has 1 N–H and O–H groups in total. The van der Waals surface area contributed by atoms with Crippen LogP contribution < -0.4 is 5.32 Å². The molecule has 12 heteroatoms. The molecule has 1 amide bonds. The van der Waals surface area contributed by atoms with E-state index in [4.69, 9.17) is 4.74 Å². The molecule has 5 rings (SSSR count). The number of halogens is 6. The molecule has 45 heavy (non-hydrogen) atoms. The highest BCUT2D eigenvalue weighted by Gasteiger charge is 2.30. The van der Waals surface area contributed by atoms with Crippen LogP contribution in [0.5, 0.6) is 0 Å². The van der Waals surface area contributed by atoms with Crippen molar-refractivity contribution in [3.8, 4) is 16.9 Å². The van der Waals surface area contributed by atoms with E-state index in [9.17, 15) is 35.6 Å². The van der Waals surface area contributed by atoms with Gasteiger partial charge in [-0.05, 0) is 86.8 Å². The fourth-order valence-corrected chi connectivity index (χ4v) is 5.30. The van der Waals surface area contributed by atoms with E-state index in [0.29, 0.717) is 23.4 Å². The Morgan fingerprint density at radius 1 is 0.844 bits per heavy atom. The van der Waals surface area contributed by atoms with Crippen molar-refractivity contribution < 1.29 is 44.4 Å². The molecular weight excluding hydrogens is 599 g/mol. The molecule has 0 aliphatic rings. The van der Waals surface area contributed by atoms with Crippen LogP contribution in [-0.2, 0) is 9.53 Å². The zero-order valence-corrected chi connectivity index (χ0v) is 25.2. The molecule has 0 saturated heterocycles. The zero-order chi connectivity index (χ0) is 33.2. The van der Waals surface area contributed by atoms with Gasteiger partial charge in [0.2, 0.25) is 5.91 Å². The van der Waals surface area contributed by atoms with Gasteiger partial charge in [-0.3, -0.25) is 4.79 Å². The maximum Gasteiger partial charge on any atom is 0.673 e. The number of rotatable bonds is 6. The Morgan fingerprint density at radius 2 is 1.47 bits per heavy atom. The molecule has 0 bridgehead atoms. The molecule has 0 unspecified atom stereocenters. The van der Waals surface area contributed by atoms with Crippen molar-refractivity contribution in [2.75, 3.05) is 11.9 Å². The molecule has 0 radical (unpaired) electrons. The molecule has 1 aromatic heterocycles. The summed E-state index contributed by atoms with van der Waals surface area (Å²) in [5.41, 5.74) is 6.01. The van der Waals surface area contributed by atoms with Gasteiger partial charge < -0.3 is 31.4 Å². The number of furan rings is 1. The molecule has 5 aromatic rings. The van der Waals surface area contributed by atoms with E-state index in [1.165, 1.54) is 19.1 Å². The maximum absolute atomic E-state index is 14.7. The van der Waals surface area contributed by atoms with Crippen LogP contribution in [0.15, 0.2) is 64.7 Å². The number of amides is 1. The van der Waals surface area contributed by atoms with Crippen molar-refractivity contribution in [2.24, 2.45) is 0 Å². The fourth-order valence-electron chi connectivity index (χ4n) is 5.30. The van der Waals surface area contributed by atoms with Gasteiger partial charge in [0.15, 0.2) is 5.56 Å². The van der Waals surface area contributed by atoms with E-state index in [1.54, 1.807) is 18.2 Å². The molecule has 5 nitrogen and oxygen atoms in total. The first kappa shape index (κ1) is 33.2. The average molecular weight is 629 g/mol. The number of benzene rings is 4. The molecule has 0 spiro atoms. The van der Waals surface area contributed by atoms with Gasteiger partial charge in [0.05, 0.1) is 17.4 Å². The van der Waals surface area contributed by atoms with Gasteiger partial charge in [-0.15, -0.1) is 0 Å². The van der Waals surface area contributed by atoms with Crippen LogP contribution in [0, 0.1) is 32.4 Å². The van der Waals surface area contributed by atoms with Crippen molar-refractivity contribution in [3.63, 3.8) is 0 Å². The summed E-state index contributed by atoms with van der Waals surface area (Å²) in [4.78, 5) is 25.3. The van der Waals surface area contributed by atoms with Crippen LogP contribution in [0.1, 0.15) is 47.3 Å². The first-order valence-electron chi connectivity index (χ1n) is 14.0. The van der Waals surface area contributed by atoms with Gasteiger partial charge in [0.1, 0.15) is 11.6 Å². The van der Waals surface area contributed by atoms with Crippen molar-refractivity contribution in [1.82, 2.24) is 0 Å². The number of esters is 1. The minimum Gasteiger partial charge on any atom is -0.497 e. The summed E-state index contributed by atoms with van der Waals surface area (Å²) in [6.07, 6.45) is 0.638. The number of fused-ring (bicyclic) bond motifs is 3. The summed E-state index contributed by atoms with van der Waals surface area (Å²) in [5, 5.41) is 4.70. The summed E-state index contributed by atoms with van der Waals surface area (Å²) >= 11 is 0. The third kappa shape index (κ3) is 7.50. The van der Waals surface area contributed by atoms with Crippen LogP contribution >= 0.6 is 0 Å². The summed E-state index contributed by atoms with van der Waals surface area (Å²) in [6.45, 7) is 9.55. The summed E-state index contributed by atoms with van der Waals surface area (Å²) < 4.78 is 76.1. The van der Waals surface area contributed by atoms with Gasteiger partial charge in [-0.1, -0.05) is 6.92 Å². The zero-order valence-electron chi connectivity index (χ0n) is 25.2. The number of aryl methyl sites for hydroxylation is 3. The molecular formula is C33H30BF6NO4. The lowest BCUT2D eigenvalue weighted by molar-refractivity contribution is -0.114. The van der Waals surface area contributed by atoms with E-state index in [0.717, 1.165) is 44.7 Å². The first-order valence-corrected chi connectivity index (χ1v) is 14.0.